The Morgan fingerprint density at radius 1 is 0.943 bits per heavy atom. The van der Waals surface area contributed by atoms with Gasteiger partial charge in [0.15, 0.2) is 0 Å². The molecule has 1 aliphatic heterocycles. The van der Waals surface area contributed by atoms with Crippen LogP contribution in [0.5, 0.6) is 0 Å². The molecule has 0 aromatic heterocycles. The summed E-state index contributed by atoms with van der Waals surface area (Å²) in [5, 5.41) is 12.0. The molecule has 35 heavy (non-hydrogen) atoms. The Bertz CT molecular complexity index is 1070. The second kappa shape index (κ2) is 10.1. The number of ether oxygens (including phenoxy) is 1. The predicted molar refractivity (Wildman–Crippen MR) is 131 cm³/mol. The van der Waals surface area contributed by atoms with E-state index in [0.717, 1.165) is 25.7 Å². The zero-order chi connectivity index (χ0) is 24.4. The zero-order valence-electron chi connectivity index (χ0n) is 19.8. The second-order valence-electron chi connectivity index (χ2n) is 9.88. The normalized spacial score (nSPS) is 22.1. The number of carboxylic acid groups (broad SMARTS) is 1. The summed E-state index contributed by atoms with van der Waals surface area (Å²) in [6, 6.07) is 16.5. The van der Waals surface area contributed by atoms with Crippen LogP contribution >= 0.6 is 0 Å². The van der Waals surface area contributed by atoms with Crippen molar-refractivity contribution in [3.05, 3.63) is 59.7 Å². The van der Waals surface area contributed by atoms with E-state index in [1.807, 2.05) is 29.2 Å². The minimum Gasteiger partial charge on any atom is -0.481 e. The van der Waals surface area contributed by atoms with Crippen LogP contribution in [-0.4, -0.2) is 54.2 Å². The third-order valence-corrected chi connectivity index (χ3v) is 7.81. The SMILES string of the molecule is O=C(NCCCCCC(=O)N1CC[C@H]2C(C(=O)O)[C@H]2C1)OCC1c2ccccc2-c2ccccc21. The van der Waals surface area contributed by atoms with E-state index in [4.69, 9.17) is 4.74 Å². The molecule has 2 amide bonds. The highest BCUT2D eigenvalue weighted by atomic mass is 16.5. The number of amides is 2. The van der Waals surface area contributed by atoms with E-state index in [1.54, 1.807) is 0 Å². The fraction of sp³-hybridized carbons (Fsp3) is 0.464. The molecule has 1 unspecified atom stereocenters. The maximum Gasteiger partial charge on any atom is 0.407 e. The number of nitrogens with one attached hydrogen (secondary N) is 1. The van der Waals surface area contributed by atoms with E-state index in [0.29, 0.717) is 32.7 Å². The van der Waals surface area contributed by atoms with Gasteiger partial charge < -0.3 is 20.1 Å². The van der Waals surface area contributed by atoms with Gasteiger partial charge in [-0.2, -0.15) is 0 Å². The summed E-state index contributed by atoms with van der Waals surface area (Å²) in [4.78, 5) is 37.7. The van der Waals surface area contributed by atoms with Crippen LogP contribution < -0.4 is 5.32 Å². The Morgan fingerprint density at radius 3 is 2.31 bits per heavy atom. The van der Waals surface area contributed by atoms with Gasteiger partial charge in [-0.3, -0.25) is 9.59 Å². The number of hydrogen-bond acceptors (Lipinski definition) is 4. The number of piperidine rings is 1. The van der Waals surface area contributed by atoms with Crippen molar-refractivity contribution < 1.29 is 24.2 Å². The van der Waals surface area contributed by atoms with Gasteiger partial charge in [-0.05, 0) is 53.4 Å². The minimum absolute atomic E-state index is 0.0469. The van der Waals surface area contributed by atoms with Gasteiger partial charge in [0.05, 0.1) is 5.92 Å². The Kier molecular flexibility index (Phi) is 6.75. The molecule has 1 saturated carbocycles. The van der Waals surface area contributed by atoms with E-state index in [-0.39, 0.29) is 29.6 Å². The van der Waals surface area contributed by atoms with Crippen molar-refractivity contribution in [2.24, 2.45) is 17.8 Å². The van der Waals surface area contributed by atoms with Crippen molar-refractivity contribution in [1.82, 2.24) is 10.2 Å². The lowest BCUT2D eigenvalue weighted by Crippen LogP contribution is -2.36. The van der Waals surface area contributed by atoms with Gasteiger partial charge in [-0.1, -0.05) is 55.0 Å². The molecule has 2 aliphatic carbocycles. The van der Waals surface area contributed by atoms with Gasteiger partial charge in [-0.15, -0.1) is 0 Å². The summed E-state index contributed by atoms with van der Waals surface area (Å²) < 4.78 is 5.55. The van der Waals surface area contributed by atoms with E-state index in [2.05, 4.69) is 29.6 Å². The standard InChI is InChI=1S/C28H32N2O5/c31-25(30-15-13-22-23(16-30)26(22)27(32)33)12-2-1-7-14-29-28(34)35-17-24-20-10-5-3-8-18(20)19-9-4-6-11-21(19)24/h3-6,8-11,22-24,26H,1-2,7,12-17H2,(H,29,34)(H,32,33)/t22-,23+,26?/m1/s1. The lowest BCUT2D eigenvalue weighted by Gasteiger charge is -2.26. The quantitative estimate of drug-likeness (QED) is 0.527. The number of unbranched alkanes of at least 4 members (excludes halogenated alkanes) is 2. The van der Waals surface area contributed by atoms with Crippen LogP contribution in [0.25, 0.3) is 11.1 Å². The molecule has 0 bridgehead atoms. The molecule has 2 aromatic carbocycles. The third-order valence-electron chi connectivity index (χ3n) is 7.81. The molecule has 2 N–H and O–H groups in total. The lowest BCUT2D eigenvalue weighted by atomic mass is 9.98. The molecule has 3 aliphatic rings. The van der Waals surface area contributed by atoms with Crippen molar-refractivity contribution in [2.45, 2.75) is 38.0 Å². The first-order chi connectivity index (χ1) is 17.0. The highest BCUT2D eigenvalue weighted by Gasteiger charge is 2.57. The van der Waals surface area contributed by atoms with E-state index < -0.39 is 12.1 Å². The molecule has 0 spiro atoms. The van der Waals surface area contributed by atoms with E-state index >= 15 is 0 Å². The first-order valence-electron chi connectivity index (χ1n) is 12.6. The topological polar surface area (TPSA) is 95.9 Å². The number of fused-ring (bicyclic) bond motifs is 4. The number of nitrogens with zero attached hydrogens (tertiary/aromatic N) is 1. The molecule has 3 atom stereocenters. The molecule has 7 nitrogen and oxygen atoms in total. The summed E-state index contributed by atoms with van der Waals surface area (Å²) in [5.74, 6) is -0.406. The van der Waals surface area contributed by atoms with Gasteiger partial charge in [0.25, 0.3) is 0 Å². The van der Waals surface area contributed by atoms with Crippen molar-refractivity contribution in [1.29, 1.82) is 0 Å². The minimum atomic E-state index is -0.724. The number of carboxylic acids is 1. The lowest BCUT2D eigenvalue weighted by molar-refractivity contribution is -0.139. The predicted octanol–water partition coefficient (Wildman–Crippen LogP) is 4.26. The molecule has 1 saturated heterocycles. The zero-order valence-corrected chi connectivity index (χ0v) is 19.8. The number of likely N-dealkylation sites (tertiary alicyclic amines) is 1. The monoisotopic (exact) mass is 476 g/mol. The van der Waals surface area contributed by atoms with Crippen LogP contribution in [0.3, 0.4) is 0 Å². The summed E-state index contributed by atoms with van der Waals surface area (Å²) in [6.07, 6.45) is 3.25. The van der Waals surface area contributed by atoms with Crippen molar-refractivity contribution in [3.8, 4) is 11.1 Å². The number of carbonyl (C=O) groups excluding carboxylic acids is 2. The van der Waals surface area contributed by atoms with Crippen molar-refractivity contribution in [2.75, 3.05) is 26.2 Å². The summed E-state index contributed by atoms with van der Waals surface area (Å²) in [5.41, 5.74) is 4.79. The molecule has 7 heteroatoms. The number of hydrogen-bond donors (Lipinski definition) is 2. The van der Waals surface area contributed by atoms with Gasteiger partial charge >= 0.3 is 12.1 Å². The van der Waals surface area contributed by atoms with Crippen LogP contribution in [0.2, 0.25) is 0 Å². The summed E-state index contributed by atoms with van der Waals surface area (Å²) in [7, 11) is 0. The number of aliphatic carboxylic acids is 1. The third kappa shape index (κ3) is 4.90. The largest absolute Gasteiger partial charge is 0.481 e. The smallest absolute Gasteiger partial charge is 0.407 e. The average Bonchev–Trinajstić information content (AvgIpc) is 3.52. The van der Waals surface area contributed by atoms with Gasteiger partial charge in [0.1, 0.15) is 6.61 Å². The van der Waals surface area contributed by atoms with Crippen molar-refractivity contribution in [3.63, 3.8) is 0 Å². The van der Waals surface area contributed by atoms with Gasteiger partial charge in [0.2, 0.25) is 5.91 Å². The Morgan fingerprint density at radius 2 is 1.63 bits per heavy atom. The molecule has 2 aromatic rings. The fourth-order valence-electron chi connectivity index (χ4n) is 5.91. The fourth-order valence-corrected chi connectivity index (χ4v) is 5.91. The number of carbonyl (C=O) groups is 3. The van der Waals surface area contributed by atoms with Crippen molar-refractivity contribution >= 4 is 18.0 Å². The maximum absolute atomic E-state index is 12.5. The Balaban J connectivity index is 0.978. The second-order valence-corrected chi connectivity index (χ2v) is 9.88. The highest BCUT2D eigenvalue weighted by Crippen LogP contribution is 2.51. The number of rotatable bonds is 9. The van der Waals surface area contributed by atoms with Crippen LogP contribution in [-0.2, 0) is 14.3 Å². The van der Waals surface area contributed by atoms with Crippen LogP contribution in [0.15, 0.2) is 48.5 Å². The van der Waals surface area contributed by atoms with Gasteiger partial charge in [-0.25, -0.2) is 4.79 Å². The average molecular weight is 477 g/mol. The summed E-state index contributed by atoms with van der Waals surface area (Å²) >= 11 is 0. The molecule has 5 rings (SSSR count). The first-order valence-corrected chi connectivity index (χ1v) is 12.6. The van der Waals surface area contributed by atoms with Crippen LogP contribution in [0.4, 0.5) is 4.79 Å². The van der Waals surface area contributed by atoms with E-state index in [1.165, 1.54) is 22.3 Å². The Hall–Kier alpha value is -3.35. The van der Waals surface area contributed by atoms with Gasteiger partial charge in [0, 0.05) is 32.0 Å². The van der Waals surface area contributed by atoms with Crippen LogP contribution in [0, 0.1) is 17.8 Å². The maximum atomic E-state index is 12.5. The molecular weight excluding hydrogens is 444 g/mol. The molecule has 1 heterocycles. The molecular formula is C28H32N2O5. The van der Waals surface area contributed by atoms with E-state index in [9.17, 15) is 19.5 Å². The molecule has 0 radical (unpaired) electrons. The summed E-state index contributed by atoms with van der Waals surface area (Å²) in [6.45, 7) is 2.07. The Labute approximate surface area is 205 Å². The highest BCUT2D eigenvalue weighted by molar-refractivity contribution is 5.79. The number of alkyl carbamates (subject to hydrolysis) is 1. The van der Waals surface area contributed by atoms with Crippen LogP contribution in [0.1, 0.15) is 49.1 Å². The molecule has 184 valence electrons. The molecule has 2 fully saturated rings. The number of benzene rings is 2. The first kappa shape index (κ1) is 23.4.